The van der Waals surface area contributed by atoms with Crippen LogP contribution in [0.2, 0.25) is 0 Å². The lowest BCUT2D eigenvalue weighted by Gasteiger charge is -1.91. The molecule has 0 atom stereocenters. The molecule has 4 nitrogen and oxygen atoms in total. The van der Waals surface area contributed by atoms with Crippen molar-refractivity contribution in [3.63, 3.8) is 0 Å². The van der Waals surface area contributed by atoms with E-state index in [0.717, 1.165) is 12.3 Å². The van der Waals surface area contributed by atoms with Crippen LogP contribution < -0.4 is 0 Å². The normalized spacial score (nSPS) is 9.64. The molecular weight excluding hydrogens is 266 g/mol. The van der Waals surface area contributed by atoms with Gasteiger partial charge in [0.2, 0.25) is 0 Å². The largest absolute Gasteiger partial charge is 0.364 e. The van der Waals surface area contributed by atoms with Crippen LogP contribution in [0.3, 0.4) is 0 Å². The van der Waals surface area contributed by atoms with Crippen molar-refractivity contribution in [3.05, 3.63) is 31.8 Å². The van der Waals surface area contributed by atoms with Crippen LogP contribution in [0.4, 0.5) is 10.2 Å². The van der Waals surface area contributed by atoms with Crippen LogP contribution in [0.15, 0.2) is 12.3 Å². The molecule has 1 heterocycles. The fourth-order valence-electron chi connectivity index (χ4n) is 0.504. The molecule has 0 aliphatic rings. The Kier molecular flexibility index (Phi) is 2.32. The van der Waals surface area contributed by atoms with Crippen molar-refractivity contribution < 1.29 is 9.31 Å². The van der Waals surface area contributed by atoms with E-state index >= 15 is 0 Å². The Morgan fingerprint density at radius 2 is 2.36 bits per heavy atom. The van der Waals surface area contributed by atoms with E-state index in [4.69, 9.17) is 0 Å². The lowest BCUT2D eigenvalue weighted by atomic mass is 10.4. The maximum atomic E-state index is 12.5. The molecule has 58 valence electrons. The average molecular weight is 268 g/mol. The highest BCUT2D eigenvalue weighted by Gasteiger charge is 2.10. The van der Waals surface area contributed by atoms with Gasteiger partial charge in [0.15, 0.2) is 12.0 Å². The number of hydrogen-bond acceptors (Lipinski definition) is 3. The molecule has 0 bridgehead atoms. The minimum Gasteiger partial charge on any atom is -0.358 e. The van der Waals surface area contributed by atoms with Crippen LogP contribution in [-0.2, 0) is 0 Å². The third-order valence-corrected chi connectivity index (χ3v) is 1.81. The number of halogens is 2. The zero-order chi connectivity index (χ0) is 8.43. The summed E-state index contributed by atoms with van der Waals surface area (Å²) in [6.07, 6.45) is 0.833. The molecule has 0 spiro atoms. The molecule has 0 saturated heterocycles. The molecule has 0 saturated carbocycles. The zero-order valence-electron chi connectivity index (χ0n) is 5.12. The molecule has 0 amide bonds. The summed E-state index contributed by atoms with van der Waals surface area (Å²) in [5.74, 6) is -0.882. The number of rotatable bonds is 1. The highest BCUT2D eigenvalue weighted by molar-refractivity contribution is 14.1. The van der Waals surface area contributed by atoms with Gasteiger partial charge in [-0.05, 0) is 32.5 Å². The second kappa shape index (κ2) is 3.07. The molecule has 6 heteroatoms. The number of hydrogen-bond donors (Lipinski definition) is 0. The summed E-state index contributed by atoms with van der Waals surface area (Å²) in [4.78, 5) is 12.7. The second-order valence-electron chi connectivity index (χ2n) is 1.71. The van der Waals surface area contributed by atoms with E-state index in [-0.39, 0.29) is 9.39 Å². The number of nitro groups is 1. The van der Waals surface area contributed by atoms with Gasteiger partial charge in [-0.1, -0.05) is 0 Å². The van der Waals surface area contributed by atoms with Crippen molar-refractivity contribution >= 4 is 28.4 Å². The third kappa shape index (κ3) is 1.82. The smallest absolute Gasteiger partial charge is 0.358 e. The Bertz CT molecular complexity index is 305. The van der Waals surface area contributed by atoms with Crippen molar-refractivity contribution in [1.82, 2.24) is 4.98 Å². The molecule has 0 unspecified atom stereocenters. The Balaban J connectivity index is 3.15. The molecule has 0 aliphatic carbocycles. The summed E-state index contributed by atoms with van der Waals surface area (Å²) >= 11 is 1.66. The quantitative estimate of drug-likeness (QED) is 0.442. The van der Waals surface area contributed by atoms with Gasteiger partial charge < -0.3 is 10.1 Å². The summed E-state index contributed by atoms with van der Waals surface area (Å²) in [5.41, 5.74) is 0. The van der Waals surface area contributed by atoms with E-state index in [1.54, 1.807) is 22.6 Å². The van der Waals surface area contributed by atoms with E-state index in [2.05, 4.69) is 4.98 Å². The second-order valence-corrected chi connectivity index (χ2v) is 2.88. The van der Waals surface area contributed by atoms with E-state index < -0.39 is 10.7 Å². The fourth-order valence-corrected chi connectivity index (χ4v) is 0.922. The molecule has 0 aliphatic heterocycles. The molecule has 11 heavy (non-hydrogen) atoms. The lowest BCUT2D eigenvalue weighted by Crippen LogP contribution is -1.93. The lowest BCUT2D eigenvalue weighted by molar-refractivity contribution is -0.389. The van der Waals surface area contributed by atoms with Gasteiger partial charge in [-0.2, -0.15) is 0 Å². The molecule has 1 aromatic heterocycles. The predicted octanol–water partition coefficient (Wildman–Crippen LogP) is 1.73. The van der Waals surface area contributed by atoms with Gasteiger partial charge in [0.25, 0.3) is 0 Å². The van der Waals surface area contributed by atoms with Crippen LogP contribution in [0.25, 0.3) is 0 Å². The van der Waals surface area contributed by atoms with E-state index in [1.165, 1.54) is 0 Å². The van der Waals surface area contributed by atoms with Gasteiger partial charge in [0, 0.05) is 0 Å². The molecular formula is C5H2FIN2O2. The van der Waals surface area contributed by atoms with E-state index in [1.807, 2.05) is 0 Å². The summed E-state index contributed by atoms with van der Waals surface area (Å²) in [6, 6.07) is 1.08. The minimum atomic E-state index is -0.665. The van der Waals surface area contributed by atoms with Gasteiger partial charge >= 0.3 is 5.82 Å². The van der Waals surface area contributed by atoms with Crippen LogP contribution in [-0.4, -0.2) is 9.91 Å². The standard InChI is InChI=1S/C5H2FIN2O2/c6-3-2-8-5(9(10)11)1-4(3)7/h1-2H. The van der Waals surface area contributed by atoms with Gasteiger partial charge in [-0.25, -0.2) is 4.39 Å². The molecule has 0 aromatic carbocycles. The summed E-state index contributed by atoms with van der Waals surface area (Å²) in [5, 5.41) is 10.1. The Morgan fingerprint density at radius 1 is 1.73 bits per heavy atom. The molecule has 0 radical (unpaired) electrons. The van der Waals surface area contributed by atoms with Gasteiger partial charge in [-0.3, -0.25) is 0 Å². The van der Waals surface area contributed by atoms with Gasteiger partial charge in [0.05, 0.1) is 9.64 Å². The van der Waals surface area contributed by atoms with Crippen LogP contribution >= 0.6 is 22.6 Å². The summed E-state index contributed by atoms with van der Waals surface area (Å²) in [6.45, 7) is 0. The monoisotopic (exact) mass is 268 g/mol. The summed E-state index contributed by atoms with van der Waals surface area (Å²) in [7, 11) is 0. The Morgan fingerprint density at radius 3 is 2.82 bits per heavy atom. The van der Waals surface area contributed by atoms with Gasteiger partial charge in [-0.15, -0.1) is 0 Å². The minimum absolute atomic E-state index is 0.198. The maximum absolute atomic E-state index is 12.5. The van der Waals surface area contributed by atoms with Gasteiger partial charge in [0.1, 0.15) is 0 Å². The number of pyridine rings is 1. The molecule has 1 aromatic rings. The maximum Gasteiger partial charge on any atom is 0.364 e. The first-order chi connectivity index (χ1) is 5.11. The summed E-state index contributed by atoms with van der Waals surface area (Å²) < 4.78 is 12.7. The Hall–Kier alpha value is -0.790. The van der Waals surface area contributed by atoms with E-state index in [0.29, 0.717) is 0 Å². The first kappa shape index (κ1) is 8.31. The third-order valence-electron chi connectivity index (χ3n) is 0.981. The highest BCUT2D eigenvalue weighted by Crippen LogP contribution is 2.14. The predicted molar refractivity (Wildman–Crippen MR) is 43.6 cm³/mol. The average Bonchev–Trinajstić information content (AvgIpc) is 1.94. The molecule has 0 N–H and O–H groups in total. The van der Waals surface area contributed by atoms with Crippen LogP contribution in [0.1, 0.15) is 0 Å². The molecule has 0 fully saturated rings. The topological polar surface area (TPSA) is 56.0 Å². The first-order valence-electron chi connectivity index (χ1n) is 2.56. The van der Waals surface area contributed by atoms with Crippen LogP contribution in [0, 0.1) is 19.5 Å². The number of nitrogens with zero attached hydrogens (tertiary/aromatic N) is 2. The zero-order valence-corrected chi connectivity index (χ0v) is 7.28. The van der Waals surface area contributed by atoms with Crippen molar-refractivity contribution in [2.75, 3.05) is 0 Å². The van der Waals surface area contributed by atoms with Crippen molar-refractivity contribution in [1.29, 1.82) is 0 Å². The SMILES string of the molecule is O=[N+]([O-])c1cc(I)c(F)cn1. The van der Waals surface area contributed by atoms with E-state index in [9.17, 15) is 14.5 Å². The Labute approximate surface area is 74.7 Å². The van der Waals surface area contributed by atoms with Crippen LogP contribution in [0.5, 0.6) is 0 Å². The number of aromatic nitrogens is 1. The first-order valence-corrected chi connectivity index (χ1v) is 3.64. The van der Waals surface area contributed by atoms with Crippen molar-refractivity contribution in [3.8, 4) is 0 Å². The van der Waals surface area contributed by atoms with Crippen molar-refractivity contribution in [2.24, 2.45) is 0 Å². The highest BCUT2D eigenvalue weighted by atomic mass is 127. The molecule has 1 rings (SSSR count). The van der Waals surface area contributed by atoms with Crippen molar-refractivity contribution in [2.45, 2.75) is 0 Å². The fraction of sp³-hybridized carbons (Fsp3) is 0.